The van der Waals surface area contributed by atoms with Crippen molar-refractivity contribution in [3.05, 3.63) is 16.0 Å². The molecule has 21 heavy (non-hydrogen) atoms. The van der Waals surface area contributed by atoms with Crippen LogP contribution >= 0.6 is 11.3 Å². The zero-order valence-corrected chi connectivity index (χ0v) is 14.1. The molecule has 0 aliphatic heterocycles. The molecule has 0 spiro atoms. The highest BCUT2D eigenvalue weighted by atomic mass is 32.1. The Morgan fingerprint density at radius 2 is 2.00 bits per heavy atom. The molecule has 2 rings (SSSR count). The predicted octanol–water partition coefficient (Wildman–Crippen LogP) is 3.64. The van der Waals surface area contributed by atoms with Gasteiger partial charge in [0.1, 0.15) is 5.00 Å². The minimum Gasteiger partial charge on any atom is -0.465 e. The minimum absolute atomic E-state index is 0.0840. The van der Waals surface area contributed by atoms with Gasteiger partial charge in [0.2, 0.25) is 5.91 Å². The van der Waals surface area contributed by atoms with Gasteiger partial charge in [-0.1, -0.05) is 27.7 Å². The van der Waals surface area contributed by atoms with E-state index in [1.54, 1.807) is 0 Å². The number of carbonyl (C=O) groups is 2. The molecule has 0 saturated carbocycles. The van der Waals surface area contributed by atoms with Gasteiger partial charge in [0.05, 0.1) is 12.7 Å². The fourth-order valence-electron chi connectivity index (χ4n) is 2.45. The van der Waals surface area contributed by atoms with Crippen molar-refractivity contribution in [3.63, 3.8) is 0 Å². The predicted molar refractivity (Wildman–Crippen MR) is 84.9 cm³/mol. The number of rotatable bonds is 2. The van der Waals surface area contributed by atoms with Gasteiger partial charge in [-0.15, -0.1) is 11.3 Å². The second-order valence-corrected chi connectivity index (χ2v) is 7.86. The van der Waals surface area contributed by atoms with E-state index in [1.807, 2.05) is 20.8 Å². The molecule has 1 N–H and O–H groups in total. The van der Waals surface area contributed by atoms with Crippen LogP contribution < -0.4 is 5.32 Å². The van der Waals surface area contributed by atoms with E-state index in [4.69, 9.17) is 4.74 Å². The number of methoxy groups -OCH3 is 1. The molecule has 0 aromatic carbocycles. The molecule has 1 amide bonds. The number of esters is 1. The summed E-state index contributed by atoms with van der Waals surface area (Å²) in [4.78, 5) is 25.5. The maximum Gasteiger partial charge on any atom is 0.341 e. The van der Waals surface area contributed by atoms with Crippen LogP contribution in [0.5, 0.6) is 0 Å². The Morgan fingerprint density at radius 3 is 2.57 bits per heavy atom. The highest BCUT2D eigenvalue weighted by Gasteiger charge is 2.30. The molecule has 1 aromatic heterocycles. The normalized spacial score (nSPS) is 18.0. The summed E-state index contributed by atoms with van der Waals surface area (Å²) in [5, 5.41) is 3.56. The summed E-state index contributed by atoms with van der Waals surface area (Å²) in [5.74, 6) is 0.179. The monoisotopic (exact) mass is 309 g/mol. The topological polar surface area (TPSA) is 55.4 Å². The minimum atomic E-state index is -0.495. The van der Waals surface area contributed by atoms with Gasteiger partial charge in [-0.2, -0.15) is 0 Å². The van der Waals surface area contributed by atoms with Crippen LogP contribution in [0.2, 0.25) is 0 Å². The number of carbonyl (C=O) groups excluding carboxylic acids is 2. The molecule has 0 saturated heterocycles. The number of anilines is 1. The molecule has 1 aromatic rings. The molecule has 0 unspecified atom stereocenters. The molecule has 0 fully saturated rings. The lowest BCUT2D eigenvalue weighted by molar-refractivity contribution is -0.123. The molecule has 5 heteroatoms. The largest absolute Gasteiger partial charge is 0.465 e. The number of amides is 1. The Balaban J connectivity index is 2.41. The Hall–Kier alpha value is -1.36. The van der Waals surface area contributed by atoms with Crippen LogP contribution in [-0.4, -0.2) is 19.0 Å². The molecule has 0 radical (unpaired) electrons. The quantitative estimate of drug-likeness (QED) is 0.849. The fourth-order valence-corrected chi connectivity index (χ4v) is 3.84. The van der Waals surface area contributed by atoms with Crippen molar-refractivity contribution in [2.75, 3.05) is 12.4 Å². The smallest absolute Gasteiger partial charge is 0.341 e. The van der Waals surface area contributed by atoms with E-state index in [0.29, 0.717) is 16.5 Å². The standard InChI is InChI=1S/C16H23NO3S/c1-9-6-7-10-11(8-9)21-13(12(10)14(18)20-5)17-15(19)16(2,3)4/h9H,6-8H2,1-5H3,(H,17,19)/t9-/m0/s1. The first-order valence-corrected chi connectivity index (χ1v) is 8.10. The van der Waals surface area contributed by atoms with Crippen LogP contribution in [0.15, 0.2) is 0 Å². The van der Waals surface area contributed by atoms with Crippen LogP contribution in [0.1, 0.15) is 54.9 Å². The number of thiophene rings is 1. The highest BCUT2D eigenvalue weighted by Crippen LogP contribution is 2.40. The van der Waals surface area contributed by atoms with Gasteiger partial charge in [-0.25, -0.2) is 4.79 Å². The lowest BCUT2D eigenvalue weighted by Gasteiger charge is -2.18. The summed E-state index contributed by atoms with van der Waals surface area (Å²) in [6.07, 6.45) is 2.92. The first-order valence-electron chi connectivity index (χ1n) is 7.28. The third-order valence-corrected chi connectivity index (χ3v) is 4.98. The second-order valence-electron chi connectivity index (χ2n) is 6.75. The van der Waals surface area contributed by atoms with Crippen LogP contribution in [0.4, 0.5) is 5.00 Å². The molecule has 4 nitrogen and oxygen atoms in total. The number of ether oxygens (including phenoxy) is 1. The van der Waals surface area contributed by atoms with Crippen LogP contribution in [0.3, 0.4) is 0 Å². The van der Waals surface area contributed by atoms with E-state index in [0.717, 1.165) is 24.8 Å². The van der Waals surface area contributed by atoms with E-state index < -0.39 is 5.41 Å². The van der Waals surface area contributed by atoms with E-state index in [9.17, 15) is 9.59 Å². The van der Waals surface area contributed by atoms with Crippen molar-refractivity contribution < 1.29 is 14.3 Å². The molecule has 0 bridgehead atoms. The van der Waals surface area contributed by atoms with Gasteiger partial charge in [0.15, 0.2) is 0 Å². The van der Waals surface area contributed by atoms with Crippen molar-refractivity contribution in [1.29, 1.82) is 0 Å². The lowest BCUT2D eigenvalue weighted by atomic mass is 9.88. The van der Waals surface area contributed by atoms with Crippen molar-refractivity contribution in [2.45, 2.75) is 47.0 Å². The molecule has 116 valence electrons. The SMILES string of the molecule is COC(=O)c1c(NC(=O)C(C)(C)C)sc2c1CC[C@H](C)C2. The van der Waals surface area contributed by atoms with Gasteiger partial charge < -0.3 is 10.1 Å². The van der Waals surface area contributed by atoms with Crippen LogP contribution in [0.25, 0.3) is 0 Å². The number of hydrogen-bond donors (Lipinski definition) is 1. The third-order valence-electron chi connectivity index (χ3n) is 3.81. The van der Waals surface area contributed by atoms with Gasteiger partial charge in [0, 0.05) is 10.3 Å². The van der Waals surface area contributed by atoms with Gasteiger partial charge in [-0.3, -0.25) is 4.79 Å². The Bertz CT molecular complexity index is 569. The molecule has 1 aliphatic rings. The van der Waals surface area contributed by atoms with E-state index in [-0.39, 0.29) is 11.9 Å². The van der Waals surface area contributed by atoms with Crippen molar-refractivity contribution >= 4 is 28.2 Å². The maximum absolute atomic E-state index is 12.2. The van der Waals surface area contributed by atoms with Crippen LogP contribution in [0, 0.1) is 11.3 Å². The third kappa shape index (κ3) is 3.28. The first kappa shape index (κ1) is 16.0. The fraction of sp³-hybridized carbons (Fsp3) is 0.625. The van der Waals surface area contributed by atoms with Crippen molar-refractivity contribution in [1.82, 2.24) is 0 Å². The lowest BCUT2D eigenvalue weighted by Crippen LogP contribution is -2.28. The molecule has 1 atom stereocenters. The summed E-state index contributed by atoms with van der Waals surface area (Å²) < 4.78 is 4.91. The highest BCUT2D eigenvalue weighted by molar-refractivity contribution is 7.17. The van der Waals surface area contributed by atoms with Crippen LogP contribution in [-0.2, 0) is 22.4 Å². The molecular formula is C16H23NO3S. The first-order chi connectivity index (χ1) is 9.74. The summed E-state index contributed by atoms with van der Waals surface area (Å²) in [6, 6.07) is 0. The average molecular weight is 309 g/mol. The molecule has 1 heterocycles. The number of nitrogens with one attached hydrogen (secondary N) is 1. The zero-order valence-electron chi connectivity index (χ0n) is 13.3. The summed E-state index contributed by atoms with van der Waals surface area (Å²) >= 11 is 1.52. The summed E-state index contributed by atoms with van der Waals surface area (Å²) in [6.45, 7) is 7.79. The van der Waals surface area contributed by atoms with E-state index in [2.05, 4.69) is 12.2 Å². The Labute approximate surface area is 129 Å². The zero-order chi connectivity index (χ0) is 15.8. The van der Waals surface area contributed by atoms with Crippen molar-refractivity contribution in [2.24, 2.45) is 11.3 Å². The maximum atomic E-state index is 12.2. The molecular weight excluding hydrogens is 286 g/mol. The van der Waals surface area contributed by atoms with Gasteiger partial charge in [-0.05, 0) is 30.7 Å². The Kier molecular flexibility index (Phi) is 4.42. The van der Waals surface area contributed by atoms with E-state index in [1.165, 1.54) is 23.3 Å². The average Bonchev–Trinajstić information content (AvgIpc) is 2.73. The van der Waals surface area contributed by atoms with Gasteiger partial charge in [0.25, 0.3) is 0 Å². The number of hydrogen-bond acceptors (Lipinski definition) is 4. The summed E-state index contributed by atoms with van der Waals surface area (Å²) in [7, 11) is 1.38. The summed E-state index contributed by atoms with van der Waals surface area (Å²) in [5.41, 5.74) is 1.13. The van der Waals surface area contributed by atoms with E-state index >= 15 is 0 Å². The number of fused-ring (bicyclic) bond motifs is 1. The van der Waals surface area contributed by atoms with Crippen molar-refractivity contribution in [3.8, 4) is 0 Å². The van der Waals surface area contributed by atoms with Gasteiger partial charge >= 0.3 is 5.97 Å². The Morgan fingerprint density at radius 1 is 1.33 bits per heavy atom. The second kappa shape index (κ2) is 5.79. The molecule has 1 aliphatic carbocycles.